The average Bonchev–Trinajstić information content (AvgIpc) is 2.85. The Kier molecular flexibility index (Phi) is 3.36. The van der Waals surface area contributed by atoms with Gasteiger partial charge in [-0.1, -0.05) is 23.8 Å². The predicted octanol–water partition coefficient (Wildman–Crippen LogP) is 4.01. The van der Waals surface area contributed by atoms with Gasteiger partial charge in [0.2, 0.25) is 0 Å². The molecule has 0 radical (unpaired) electrons. The highest BCUT2D eigenvalue weighted by Crippen LogP contribution is 2.33. The van der Waals surface area contributed by atoms with Crippen LogP contribution < -0.4 is 5.56 Å². The molecule has 0 saturated carbocycles. The molecule has 102 valence electrons. The molecule has 2 aromatic heterocycles. The van der Waals surface area contributed by atoms with Crippen molar-refractivity contribution in [2.45, 2.75) is 19.7 Å². The van der Waals surface area contributed by atoms with Crippen LogP contribution in [0, 0.1) is 13.8 Å². The largest absolute Gasteiger partial charge is 0.309 e. The molecular weight excluding hydrogens is 292 g/mol. The lowest BCUT2D eigenvalue weighted by Gasteiger charge is -2.06. The molecular formula is C15H13ClN2OS. The van der Waals surface area contributed by atoms with Crippen molar-refractivity contribution in [1.82, 2.24) is 9.97 Å². The van der Waals surface area contributed by atoms with E-state index in [2.05, 4.69) is 28.2 Å². The monoisotopic (exact) mass is 304 g/mol. The lowest BCUT2D eigenvalue weighted by Crippen LogP contribution is -2.10. The molecule has 5 heteroatoms. The van der Waals surface area contributed by atoms with E-state index in [1.165, 1.54) is 16.9 Å². The molecule has 0 bridgehead atoms. The van der Waals surface area contributed by atoms with Gasteiger partial charge in [-0.3, -0.25) is 4.79 Å². The van der Waals surface area contributed by atoms with Crippen LogP contribution in [0.15, 0.2) is 28.4 Å². The number of aryl methyl sites for hydroxylation is 2. The van der Waals surface area contributed by atoms with Gasteiger partial charge in [0, 0.05) is 10.9 Å². The molecule has 1 N–H and O–H groups in total. The van der Waals surface area contributed by atoms with Crippen molar-refractivity contribution in [3.8, 4) is 11.1 Å². The number of aromatic amines is 1. The van der Waals surface area contributed by atoms with Crippen LogP contribution in [0.5, 0.6) is 0 Å². The second-order valence-corrected chi connectivity index (χ2v) is 5.92. The summed E-state index contributed by atoms with van der Waals surface area (Å²) >= 11 is 7.22. The van der Waals surface area contributed by atoms with Gasteiger partial charge in [0.05, 0.1) is 11.3 Å². The van der Waals surface area contributed by atoms with Crippen LogP contribution in [0.2, 0.25) is 0 Å². The number of thiophene rings is 1. The number of halogens is 1. The SMILES string of the molecule is Cc1ccc(C)c(-c2csc3nc(CCl)[nH]c(=O)c23)c1. The first-order valence-corrected chi connectivity index (χ1v) is 7.65. The van der Waals surface area contributed by atoms with Crippen molar-refractivity contribution in [2.24, 2.45) is 0 Å². The number of hydrogen-bond acceptors (Lipinski definition) is 3. The molecule has 3 rings (SSSR count). The highest BCUT2D eigenvalue weighted by molar-refractivity contribution is 7.17. The summed E-state index contributed by atoms with van der Waals surface area (Å²) in [5.41, 5.74) is 4.23. The van der Waals surface area contributed by atoms with Crippen molar-refractivity contribution in [3.05, 3.63) is 50.9 Å². The number of rotatable bonds is 2. The van der Waals surface area contributed by atoms with Crippen molar-refractivity contribution in [1.29, 1.82) is 0 Å². The number of nitrogens with one attached hydrogen (secondary N) is 1. The maximum atomic E-state index is 12.3. The quantitative estimate of drug-likeness (QED) is 0.727. The third-order valence-corrected chi connectivity index (χ3v) is 4.43. The van der Waals surface area contributed by atoms with Gasteiger partial charge in [-0.05, 0) is 25.0 Å². The van der Waals surface area contributed by atoms with E-state index in [1.54, 1.807) is 0 Å². The van der Waals surface area contributed by atoms with Crippen LogP contribution in [0.1, 0.15) is 17.0 Å². The molecule has 0 amide bonds. The third-order valence-electron chi connectivity index (χ3n) is 3.30. The Balaban J connectivity index is 2.33. The highest BCUT2D eigenvalue weighted by atomic mass is 35.5. The lowest BCUT2D eigenvalue weighted by molar-refractivity contribution is 1.04. The Morgan fingerprint density at radius 3 is 2.85 bits per heavy atom. The van der Waals surface area contributed by atoms with E-state index < -0.39 is 0 Å². The number of aromatic nitrogens is 2. The van der Waals surface area contributed by atoms with E-state index in [9.17, 15) is 4.79 Å². The molecule has 0 saturated heterocycles. The minimum atomic E-state index is -0.122. The second kappa shape index (κ2) is 5.04. The zero-order chi connectivity index (χ0) is 14.3. The molecule has 0 fully saturated rings. The van der Waals surface area contributed by atoms with Gasteiger partial charge in [-0.2, -0.15) is 0 Å². The van der Waals surface area contributed by atoms with Crippen LogP contribution in [0.3, 0.4) is 0 Å². The molecule has 0 unspecified atom stereocenters. The number of alkyl halides is 1. The van der Waals surface area contributed by atoms with Crippen molar-refractivity contribution >= 4 is 33.2 Å². The van der Waals surface area contributed by atoms with E-state index in [4.69, 9.17) is 11.6 Å². The van der Waals surface area contributed by atoms with E-state index in [0.29, 0.717) is 11.2 Å². The van der Waals surface area contributed by atoms with Gasteiger partial charge in [0.25, 0.3) is 5.56 Å². The molecule has 0 aliphatic rings. The number of benzene rings is 1. The fourth-order valence-electron chi connectivity index (χ4n) is 2.28. The summed E-state index contributed by atoms with van der Waals surface area (Å²) in [5, 5.41) is 2.64. The summed E-state index contributed by atoms with van der Waals surface area (Å²) in [6.07, 6.45) is 0. The number of H-pyrrole nitrogens is 1. The first-order valence-electron chi connectivity index (χ1n) is 6.24. The smallest absolute Gasteiger partial charge is 0.260 e. The van der Waals surface area contributed by atoms with E-state index >= 15 is 0 Å². The summed E-state index contributed by atoms with van der Waals surface area (Å²) in [6, 6.07) is 6.25. The molecule has 0 spiro atoms. The van der Waals surface area contributed by atoms with Gasteiger partial charge >= 0.3 is 0 Å². The molecule has 0 aliphatic carbocycles. The van der Waals surface area contributed by atoms with E-state index in [0.717, 1.165) is 21.5 Å². The zero-order valence-electron chi connectivity index (χ0n) is 11.2. The van der Waals surface area contributed by atoms with Crippen LogP contribution in [0.25, 0.3) is 21.3 Å². The topological polar surface area (TPSA) is 45.8 Å². The first kappa shape index (κ1) is 13.3. The summed E-state index contributed by atoms with van der Waals surface area (Å²) in [5.74, 6) is 0.723. The van der Waals surface area contributed by atoms with Gasteiger partial charge in [0.1, 0.15) is 10.7 Å². The zero-order valence-corrected chi connectivity index (χ0v) is 12.7. The number of fused-ring (bicyclic) bond motifs is 1. The molecule has 20 heavy (non-hydrogen) atoms. The van der Waals surface area contributed by atoms with Crippen LogP contribution in [-0.2, 0) is 5.88 Å². The second-order valence-electron chi connectivity index (χ2n) is 4.79. The Hall–Kier alpha value is -1.65. The molecule has 1 aromatic carbocycles. The Morgan fingerprint density at radius 1 is 1.30 bits per heavy atom. The summed E-state index contributed by atoms with van der Waals surface area (Å²) in [4.78, 5) is 20.1. The normalized spacial score (nSPS) is 11.2. The fraction of sp³-hybridized carbons (Fsp3) is 0.200. The maximum absolute atomic E-state index is 12.3. The number of hydrogen-bond donors (Lipinski definition) is 1. The third kappa shape index (κ3) is 2.15. The maximum Gasteiger partial charge on any atom is 0.260 e. The van der Waals surface area contributed by atoms with Gasteiger partial charge in [-0.25, -0.2) is 4.98 Å². The predicted molar refractivity (Wildman–Crippen MR) is 84.7 cm³/mol. The molecule has 0 atom stereocenters. The summed E-state index contributed by atoms with van der Waals surface area (Å²) in [6.45, 7) is 4.10. The highest BCUT2D eigenvalue weighted by Gasteiger charge is 2.14. The van der Waals surface area contributed by atoms with Crippen molar-refractivity contribution in [2.75, 3.05) is 0 Å². The Morgan fingerprint density at radius 2 is 2.10 bits per heavy atom. The number of nitrogens with zero attached hydrogens (tertiary/aromatic N) is 1. The van der Waals surface area contributed by atoms with Crippen molar-refractivity contribution < 1.29 is 0 Å². The molecule has 2 heterocycles. The Bertz CT molecular complexity index is 851. The van der Waals surface area contributed by atoms with Crippen molar-refractivity contribution in [3.63, 3.8) is 0 Å². The average molecular weight is 305 g/mol. The van der Waals surface area contributed by atoms with E-state index in [-0.39, 0.29) is 11.4 Å². The van der Waals surface area contributed by atoms with Crippen LogP contribution >= 0.6 is 22.9 Å². The van der Waals surface area contributed by atoms with Crippen LogP contribution in [-0.4, -0.2) is 9.97 Å². The molecule has 3 nitrogen and oxygen atoms in total. The molecule has 3 aromatic rings. The van der Waals surface area contributed by atoms with Gasteiger partial charge in [-0.15, -0.1) is 22.9 Å². The lowest BCUT2D eigenvalue weighted by atomic mass is 9.99. The standard InChI is InChI=1S/C15H13ClN2OS/c1-8-3-4-9(2)10(5-8)11-7-20-15-13(11)14(19)17-12(6-16)18-15/h3-5,7H,6H2,1-2H3,(H,17,18,19). The minimum Gasteiger partial charge on any atom is -0.309 e. The molecule has 0 aliphatic heterocycles. The fourth-order valence-corrected chi connectivity index (χ4v) is 3.37. The Labute approximate surface area is 125 Å². The van der Waals surface area contributed by atoms with Gasteiger partial charge in [0.15, 0.2) is 0 Å². The van der Waals surface area contributed by atoms with E-state index in [1.807, 2.05) is 19.2 Å². The first-order chi connectivity index (χ1) is 9.60. The minimum absolute atomic E-state index is 0.122. The van der Waals surface area contributed by atoms with Gasteiger partial charge < -0.3 is 4.98 Å². The summed E-state index contributed by atoms with van der Waals surface area (Å²) in [7, 11) is 0. The van der Waals surface area contributed by atoms with Crippen LogP contribution in [0.4, 0.5) is 0 Å². The summed E-state index contributed by atoms with van der Waals surface area (Å²) < 4.78 is 0.